The third kappa shape index (κ3) is 6.70. The first-order valence-corrected chi connectivity index (χ1v) is 22.2. The highest BCUT2D eigenvalue weighted by atomic mass is 15.0. The molecular formula is C61H49N3. The fourth-order valence-electron chi connectivity index (χ4n) is 9.73. The Labute approximate surface area is 375 Å². The van der Waals surface area contributed by atoms with Crippen LogP contribution >= 0.6 is 0 Å². The van der Waals surface area contributed by atoms with Crippen molar-refractivity contribution in [1.82, 2.24) is 9.13 Å². The molecule has 12 rings (SSSR count). The van der Waals surface area contributed by atoms with Gasteiger partial charge in [-0.05, 0) is 129 Å². The van der Waals surface area contributed by atoms with Gasteiger partial charge in [0.25, 0.3) is 0 Å². The van der Waals surface area contributed by atoms with E-state index in [-0.39, 0.29) is 0 Å². The maximum atomic E-state index is 6.66. The Morgan fingerprint density at radius 1 is 0.406 bits per heavy atom. The van der Waals surface area contributed by atoms with Crippen LogP contribution in [0.25, 0.3) is 93.9 Å². The van der Waals surface area contributed by atoms with E-state index in [1.54, 1.807) is 0 Å². The van der Waals surface area contributed by atoms with E-state index in [1.165, 1.54) is 99.4 Å². The summed E-state index contributed by atoms with van der Waals surface area (Å²) in [6.45, 7) is 10.0. The smallest absolute Gasteiger partial charge is 0.0541 e. The Hall–Kier alpha value is -8.14. The van der Waals surface area contributed by atoms with Crippen molar-refractivity contribution in [1.29, 1.82) is 0 Å². The van der Waals surface area contributed by atoms with Crippen molar-refractivity contribution >= 4 is 54.9 Å². The Kier molecular flexibility index (Phi) is 10.6. The number of benzene rings is 9. The van der Waals surface area contributed by atoms with Crippen LogP contribution in [0.2, 0.25) is 0 Å². The van der Waals surface area contributed by atoms with Gasteiger partial charge >= 0.3 is 0 Å². The number of nitrogens with zero attached hydrogens (tertiary/aromatic N) is 2. The minimum Gasteiger partial charge on any atom is -0.398 e. The minimum absolute atomic E-state index is 0.783. The van der Waals surface area contributed by atoms with Gasteiger partial charge in [-0.25, -0.2) is 0 Å². The van der Waals surface area contributed by atoms with Crippen molar-refractivity contribution in [2.24, 2.45) is 0 Å². The van der Waals surface area contributed by atoms with E-state index < -0.39 is 0 Å². The van der Waals surface area contributed by atoms with E-state index in [2.05, 4.69) is 229 Å². The van der Waals surface area contributed by atoms with Gasteiger partial charge in [0.2, 0.25) is 0 Å². The molecule has 0 spiro atoms. The molecule has 64 heavy (non-hydrogen) atoms. The second kappa shape index (κ2) is 17.0. The average molecular weight is 824 g/mol. The number of allylic oxidation sites excluding steroid dienone is 1. The first kappa shape index (κ1) is 40.0. The largest absolute Gasteiger partial charge is 0.398 e. The SMILES string of the molecule is C=C.CC.Nc1cccc2c1/C(=C\Cc1ccc3c(c1)c1cc(-c4ccc5c(c4)c4ccccc4n5-c4ccccc4)ccc1n3-c1cccc(-c3ccccc3)c1)c1ccccc1-2. The standard InChI is InChI=1S/C57H39N3.C2H6.C2H4/c58-52-23-12-22-47-44-19-7-8-20-45(44)48(57(47)52)29-25-37-26-30-54-49(33-37)51-36-41(28-32-56(51)60(54)43-18-11-15-39(34-43)38-13-3-1-4-14-38)40-27-31-55-50(35-40)46-21-9-10-24-53(46)59(55)42-16-5-2-6-17-42;2*1-2/h1-24,26-36H,25,58H2;1-2H3;1-2H2/b48-29-;;. The fourth-order valence-corrected chi connectivity index (χ4v) is 9.73. The average Bonchev–Trinajstić information content (AvgIpc) is 4.00. The van der Waals surface area contributed by atoms with Crippen LogP contribution in [0.1, 0.15) is 30.5 Å². The fraction of sp³-hybridized carbons (Fsp3) is 0.0492. The molecule has 0 bridgehead atoms. The zero-order valence-corrected chi connectivity index (χ0v) is 36.3. The molecule has 0 aliphatic heterocycles. The van der Waals surface area contributed by atoms with Crippen LogP contribution in [-0.2, 0) is 6.42 Å². The van der Waals surface area contributed by atoms with Crippen molar-refractivity contribution in [3.63, 3.8) is 0 Å². The summed E-state index contributed by atoms with van der Waals surface area (Å²) in [5.41, 5.74) is 26.7. The molecule has 0 unspecified atom stereocenters. The van der Waals surface area contributed by atoms with Crippen LogP contribution in [0, 0.1) is 0 Å². The maximum Gasteiger partial charge on any atom is 0.0541 e. The van der Waals surface area contributed by atoms with E-state index >= 15 is 0 Å². The molecule has 1 aliphatic rings. The summed E-state index contributed by atoms with van der Waals surface area (Å²) in [7, 11) is 0. The van der Waals surface area contributed by atoms with E-state index in [4.69, 9.17) is 5.73 Å². The summed E-state index contributed by atoms with van der Waals surface area (Å²) in [5, 5.41) is 4.97. The van der Waals surface area contributed by atoms with Gasteiger partial charge in [0.15, 0.2) is 0 Å². The lowest BCUT2D eigenvalue weighted by atomic mass is 9.98. The summed E-state index contributed by atoms with van der Waals surface area (Å²) in [4.78, 5) is 0. The van der Waals surface area contributed by atoms with Crippen LogP contribution in [0.3, 0.4) is 0 Å². The summed E-state index contributed by atoms with van der Waals surface area (Å²) in [6, 6.07) is 74.9. The second-order valence-electron chi connectivity index (χ2n) is 15.9. The number of para-hydroxylation sites is 2. The van der Waals surface area contributed by atoms with E-state index in [9.17, 15) is 0 Å². The molecule has 3 nitrogen and oxygen atoms in total. The topological polar surface area (TPSA) is 35.9 Å². The molecule has 308 valence electrons. The quantitative estimate of drug-likeness (QED) is 0.132. The van der Waals surface area contributed by atoms with E-state index in [0.717, 1.165) is 23.4 Å². The van der Waals surface area contributed by atoms with Gasteiger partial charge in [-0.15, -0.1) is 13.2 Å². The van der Waals surface area contributed by atoms with Crippen molar-refractivity contribution in [2.45, 2.75) is 20.3 Å². The summed E-state index contributed by atoms with van der Waals surface area (Å²) in [5.74, 6) is 0. The molecule has 0 saturated heterocycles. The predicted molar refractivity (Wildman–Crippen MR) is 276 cm³/mol. The number of nitrogens with two attached hydrogens (primary N) is 1. The first-order valence-electron chi connectivity index (χ1n) is 22.2. The van der Waals surface area contributed by atoms with Crippen molar-refractivity contribution < 1.29 is 0 Å². The van der Waals surface area contributed by atoms with Crippen LogP contribution in [0.15, 0.2) is 225 Å². The van der Waals surface area contributed by atoms with Gasteiger partial charge in [-0.2, -0.15) is 0 Å². The lowest BCUT2D eigenvalue weighted by molar-refractivity contribution is 1.18. The van der Waals surface area contributed by atoms with Crippen LogP contribution in [0.4, 0.5) is 5.69 Å². The van der Waals surface area contributed by atoms with Crippen LogP contribution < -0.4 is 5.73 Å². The maximum absolute atomic E-state index is 6.66. The molecule has 1 aliphatic carbocycles. The molecule has 11 aromatic rings. The summed E-state index contributed by atoms with van der Waals surface area (Å²) >= 11 is 0. The highest BCUT2D eigenvalue weighted by molar-refractivity contribution is 6.13. The Morgan fingerprint density at radius 3 is 1.64 bits per heavy atom. The summed E-state index contributed by atoms with van der Waals surface area (Å²) < 4.78 is 4.81. The zero-order chi connectivity index (χ0) is 43.7. The van der Waals surface area contributed by atoms with Crippen molar-refractivity contribution in [3.05, 3.63) is 242 Å². The third-order valence-electron chi connectivity index (χ3n) is 12.5. The Bertz CT molecular complexity index is 3530. The minimum atomic E-state index is 0.783. The van der Waals surface area contributed by atoms with Crippen LogP contribution in [0.5, 0.6) is 0 Å². The van der Waals surface area contributed by atoms with Crippen molar-refractivity contribution in [2.75, 3.05) is 5.73 Å². The Morgan fingerprint density at radius 2 is 0.906 bits per heavy atom. The third-order valence-corrected chi connectivity index (χ3v) is 12.5. The zero-order valence-electron chi connectivity index (χ0n) is 36.3. The molecule has 0 saturated carbocycles. The monoisotopic (exact) mass is 823 g/mol. The van der Waals surface area contributed by atoms with E-state index in [1.807, 2.05) is 19.9 Å². The van der Waals surface area contributed by atoms with Gasteiger partial charge in [0, 0.05) is 44.2 Å². The van der Waals surface area contributed by atoms with Gasteiger partial charge in [-0.3, -0.25) is 0 Å². The van der Waals surface area contributed by atoms with E-state index in [0.29, 0.717) is 0 Å². The highest BCUT2D eigenvalue weighted by Crippen LogP contribution is 2.47. The molecule has 2 heterocycles. The summed E-state index contributed by atoms with van der Waals surface area (Å²) in [6.07, 6.45) is 3.16. The number of rotatable bonds is 6. The molecule has 3 heteroatoms. The molecule has 0 amide bonds. The predicted octanol–water partition coefficient (Wildman–Crippen LogP) is 16.3. The molecule has 0 atom stereocenters. The molecule has 0 radical (unpaired) electrons. The molecule has 2 aromatic heterocycles. The van der Waals surface area contributed by atoms with Gasteiger partial charge in [0.1, 0.15) is 0 Å². The van der Waals surface area contributed by atoms with Crippen LogP contribution in [-0.4, -0.2) is 9.13 Å². The second-order valence-corrected chi connectivity index (χ2v) is 15.9. The van der Waals surface area contributed by atoms with Gasteiger partial charge in [-0.1, -0.05) is 153 Å². The van der Waals surface area contributed by atoms with Crippen molar-refractivity contribution in [3.8, 4) is 44.8 Å². The number of nitrogen functional groups attached to an aromatic ring is 1. The lowest BCUT2D eigenvalue weighted by Gasteiger charge is -2.11. The number of hydrogen-bond donors (Lipinski definition) is 1. The highest BCUT2D eigenvalue weighted by Gasteiger charge is 2.25. The molecule has 9 aromatic carbocycles. The number of hydrogen-bond acceptors (Lipinski definition) is 1. The van der Waals surface area contributed by atoms with Gasteiger partial charge < -0.3 is 14.9 Å². The number of anilines is 1. The van der Waals surface area contributed by atoms with Gasteiger partial charge in [0.05, 0.1) is 22.1 Å². The number of fused-ring (bicyclic) bond motifs is 9. The Balaban J connectivity index is 0.00000118. The molecular weight excluding hydrogens is 775 g/mol. The first-order chi connectivity index (χ1) is 31.7. The normalized spacial score (nSPS) is 12.2. The molecule has 2 N–H and O–H groups in total. The lowest BCUT2D eigenvalue weighted by Crippen LogP contribution is -1.95. The number of aromatic nitrogens is 2. The molecule has 0 fully saturated rings.